The van der Waals surface area contributed by atoms with Crippen molar-refractivity contribution in [3.05, 3.63) is 12.7 Å². The van der Waals surface area contributed by atoms with E-state index in [4.69, 9.17) is 4.74 Å². The highest BCUT2D eigenvalue weighted by Crippen LogP contribution is 2.34. The van der Waals surface area contributed by atoms with Crippen LogP contribution in [0, 0.1) is 0 Å². The van der Waals surface area contributed by atoms with Gasteiger partial charge in [0.2, 0.25) is 0 Å². The predicted molar refractivity (Wildman–Crippen MR) is 64.8 cm³/mol. The number of amidine groups is 1. The van der Waals surface area contributed by atoms with Crippen LogP contribution in [0.15, 0.2) is 17.6 Å². The molecule has 0 aromatic heterocycles. The van der Waals surface area contributed by atoms with Gasteiger partial charge in [0.25, 0.3) is 0 Å². The summed E-state index contributed by atoms with van der Waals surface area (Å²) >= 11 is 1.33. The fourth-order valence-electron chi connectivity index (χ4n) is 1.96. The Morgan fingerprint density at radius 2 is 2.24 bits per heavy atom. The lowest BCUT2D eigenvalue weighted by atomic mass is 9.95. The Bertz CT molecular complexity index is 338. The van der Waals surface area contributed by atoms with Crippen LogP contribution in [-0.2, 0) is 4.74 Å². The summed E-state index contributed by atoms with van der Waals surface area (Å²) in [6.07, 6.45) is -2.77. The molecule has 2 rings (SSSR count). The van der Waals surface area contributed by atoms with E-state index in [1.807, 2.05) is 0 Å². The number of hydrogen-bond donors (Lipinski definition) is 4. The summed E-state index contributed by atoms with van der Waals surface area (Å²) < 4.78 is 5.57. The van der Waals surface area contributed by atoms with Gasteiger partial charge in [-0.05, 0) is 0 Å². The molecule has 2 saturated heterocycles. The molecule has 0 aromatic carbocycles. The topological polar surface area (TPSA) is 94.3 Å². The number of fused-ring (bicyclic) bond motifs is 1. The van der Waals surface area contributed by atoms with Gasteiger partial charge in [-0.2, -0.15) is 0 Å². The van der Waals surface area contributed by atoms with E-state index < -0.39 is 30.5 Å². The van der Waals surface area contributed by atoms with E-state index >= 15 is 0 Å². The van der Waals surface area contributed by atoms with Crippen molar-refractivity contribution in [3.63, 3.8) is 0 Å². The average molecular weight is 260 g/mol. The van der Waals surface area contributed by atoms with Crippen molar-refractivity contribution in [3.8, 4) is 0 Å². The second-order valence-electron chi connectivity index (χ2n) is 3.99. The van der Waals surface area contributed by atoms with Crippen molar-refractivity contribution < 1.29 is 20.1 Å². The van der Waals surface area contributed by atoms with Crippen molar-refractivity contribution in [2.24, 2.45) is 4.99 Å². The summed E-state index contributed by atoms with van der Waals surface area (Å²) in [5.41, 5.74) is -0.369. The number of aliphatic imine (C=N–C) groups is 1. The van der Waals surface area contributed by atoms with E-state index in [-0.39, 0.29) is 5.44 Å². The van der Waals surface area contributed by atoms with Crippen molar-refractivity contribution in [2.75, 3.05) is 7.05 Å². The Morgan fingerprint density at radius 1 is 1.53 bits per heavy atom. The lowest BCUT2D eigenvalue weighted by Gasteiger charge is -2.40. The minimum absolute atomic E-state index is 0.369. The van der Waals surface area contributed by atoms with Gasteiger partial charge in [-0.15, -0.1) is 6.58 Å². The maximum Gasteiger partial charge on any atom is 0.159 e. The smallest absolute Gasteiger partial charge is 0.159 e. The Morgan fingerprint density at radius 3 is 2.82 bits per heavy atom. The second-order valence-corrected chi connectivity index (χ2v) is 5.08. The zero-order valence-corrected chi connectivity index (χ0v) is 10.2. The molecule has 2 heterocycles. The molecule has 96 valence electrons. The first kappa shape index (κ1) is 12.8. The molecule has 17 heavy (non-hydrogen) atoms. The Hall–Kier alpha value is -0.600. The maximum absolute atomic E-state index is 9.97. The van der Waals surface area contributed by atoms with Gasteiger partial charge in [0.15, 0.2) is 5.17 Å². The largest absolute Gasteiger partial charge is 0.388 e. The molecule has 2 aliphatic rings. The fraction of sp³-hybridized carbons (Fsp3) is 0.700. The van der Waals surface area contributed by atoms with Gasteiger partial charge in [-0.25, -0.2) is 0 Å². The number of rotatable bonds is 2. The first-order valence-electron chi connectivity index (χ1n) is 5.30. The van der Waals surface area contributed by atoms with Crippen molar-refractivity contribution in [2.45, 2.75) is 35.9 Å². The van der Waals surface area contributed by atoms with Crippen LogP contribution in [-0.4, -0.2) is 63.4 Å². The molecule has 6 nitrogen and oxygen atoms in total. The third kappa shape index (κ3) is 2.21. The zero-order chi connectivity index (χ0) is 12.6. The number of nitrogens with zero attached hydrogens (tertiary/aromatic N) is 1. The molecular weight excluding hydrogens is 244 g/mol. The quantitative estimate of drug-likeness (QED) is 0.460. The Balaban J connectivity index is 2.16. The standard InChI is InChI=1S/C10H16N2O4S/c1-3-4(13)8-7(15)6(14)5-9(16-8)17-10(11-2)12-5/h3-9,13-15H,1H2,2H3,(H,11,12)/t4-,5-,6-,7+,8-,9-/m1/s1. The SMILES string of the molecule is C=C[C@@H](O)[C@H]1O[C@@H]2SC(=NC)N[C@@H]2[C@@H](O)[C@@H]1O. The maximum atomic E-state index is 9.97. The van der Waals surface area contributed by atoms with Crippen LogP contribution < -0.4 is 5.32 Å². The minimum atomic E-state index is -1.16. The van der Waals surface area contributed by atoms with Gasteiger partial charge in [-0.1, -0.05) is 17.8 Å². The van der Waals surface area contributed by atoms with E-state index in [0.29, 0.717) is 5.17 Å². The average Bonchev–Trinajstić information content (AvgIpc) is 2.76. The number of aliphatic hydroxyl groups is 3. The van der Waals surface area contributed by atoms with E-state index in [2.05, 4.69) is 16.9 Å². The molecule has 6 atom stereocenters. The summed E-state index contributed by atoms with van der Waals surface area (Å²) in [6.45, 7) is 3.44. The molecule has 0 saturated carbocycles. The summed E-state index contributed by atoms with van der Waals surface area (Å²) in [5.74, 6) is 0. The lowest BCUT2D eigenvalue weighted by Crippen LogP contribution is -2.61. The first-order valence-corrected chi connectivity index (χ1v) is 6.18. The van der Waals surface area contributed by atoms with E-state index in [9.17, 15) is 15.3 Å². The van der Waals surface area contributed by atoms with Gasteiger partial charge in [0.1, 0.15) is 29.9 Å². The van der Waals surface area contributed by atoms with Gasteiger partial charge in [-0.3, -0.25) is 4.99 Å². The molecule has 2 aliphatic heterocycles. The summed E-state index contributed by atoms with van der Waals surface area (Å²) in [6, 6.07) is -0.415. The normalized spacial score (nSPS) is 45.2. The van der Waals surface area contributed by atoms with Crippen LogP contribution in [0.5, 0.6) is 0 Å². The number of hydrogen-bond acceptors (Lipinski definition) is 6. The monoisotopic (exact) mass is 260 g/mol. The van der Waals surface area contributed by atoms with Gasteiger partial charge >= 0.3 is 0 Å². The molecule has 0 radical (unpaired) electrons. The molecule has 0 bridgehead atoms. The highest BCUT2D eigenvalue weighted by Gasteiger charge is 2.50. The molecule has 0 unspecified atom stereocenters. The molecule has 4 N–H and O–H groups in total. The highest BCUT2D eigenvalue weighted by atomic mass is 32.2. The molecule has 7 heteroatoms. The third-order valence-electron chi connectivity index (χ3n) is 2.94. The predicted octanol–water partition coefficient (Wildman–Crippen LogP) is -1.33. The second kappa shape index (κ2) is 4.95. The van der Waals surface area contributed by atoms with Crippen LogP contribution in [0.4, 0.5) is 0 Å². The molecule has 0 aliphatic carbocycles. The van der Waals surface area contributed by atoms with Crippen LogP contribution in [0.1, 0.15) is 0 Å². The Labute approximate surface area is 103 Å². The van der Waals surface area contributed by atoms with E-state index in [0.717, 1.165) is 0 Å². The van der Waals surface area contributed by atoms with Crippen LogP contribution in [0.25, 0.3) is 0 Å². The number of thioether (sulfide) groups is 1. The lowest BCUT2D eigenvalue weighted by molar-refractivity contribution is -0.179. The number of nitrogens with one attached hydrogen (secondary N) is 1. The summed E-state index contributed by atoms with van der Waals surface area (Å²) in [5, 5.41) is 33.1. The highest BCUT2D eigenvalue weighted by molar-refractivity contribution is 8.14. The van der Waals surface area contributed by atoms with Crippen LogP contribution in [0.2, 0.25) is 0 Å². The van der Waals surface area contributed by atoms with E-state index in [1.54, 1.807) is 7.05 Å². The van der Waals surface area contributed by atoms with Crippen molar-refractivity contribution in [1.29, 1.82) is 0 Å². The van der Waals surface area contributed by atoms with Crippen molar-refractivity contribution in [1.82, 2.24) is 5.32 Å². The first-order chi connectivity index (χ1) is 8.08. The van der Waals surface area contributed by atoms with Gasteiger partial charge < -0.3 is 25.4 Å². The number of aliphatic hydroxyl groups excluding tert-OH is 3. The van der Waals surface area contributed by atoms with Crippen LogP contribution >= 0.6 is 11.8 Å². The molecular formula is C10H16N2O4S. The summed E-state index contributed by atoms with van der Waals surface area (Å²) in [4.78, 5) is 3.97. The van der Waals surface area contributed by atoms with Gasteiger partial charge in [0.05, 0.1) is 6.04 Å². The van der Waals surface area contributed by atoms with Crippen molar-refractivity contribution >= 4 is 16.9 Å². The van der Waals surface area contributed by atoms with Crippen LogP contribution in [0.3, 0.4) is 0 Å². The fourth-order valence-corrected chi connectivity index (χ4v) is 3.05. The zero-order valence-electron chi connectivity index (χ0n) is 9.35. The molecule has 0 aromatic rings. The number of ether oxygens (including phenoxy) is 1. The van der Waals surface area contributed by atoms with E-state index in [1.165, 1.54) is 17.8 Å². The summed E-state index contributed by atoms with van der Waals surface area (Å²) in [7, 11) is 1.63. The third-order valence-corrected chi connectivity index (χ3v) is 4.10. The molecule has 0 amide bonds. The minimum Gasteiger partial charge on any atom is -0.388 e. The Kier molecular flexibility index (Phi) is 3.74. The molecule has 0 spiro atoms. The molecule has 2 fully saturated rings. The van der Waals surface area contributed by atoms with Gasteiger partial charge in [0, 0.05) is 7.05 Å².